The quantitative estimate of drug-likeness (QED) is 0.521. The summed E-state index contributed by atoms with van der Waals surface area (Å²) in [5, 5.41) is 8.41. The highest BCUT2D eigenvalue weighted by Gasteiger charge is 2.46. The molecule has 1 spiro atoms. The number of carbonyl (C=O) groups is 1. The predicted molar refractivity (Wildman–Crippen MR) is 138 cm³/mol. The van der Waals surface area contributed by atoms with Gasteiger partial charge in [-0.3, -0.25) is 9.69 Å². The third-order valence-electron chi connectivity index (χ3n) is 7.54. The Kier molecular flexibility index (Phi) is 6.37. The number of aromatic nitrogens is 5. The molecule has 11 heteroatoms. The Balaban J connectivity index is 1.66. The van der Waals surface area contributed by atoms with Crippen molar-refractivity contribution >= 4 is 28.4 Å². The minimum absolute atomic E-state index is 0.0819. The Hall–Kier alpha value is -3.21. The van der Waals surface area contributed by atoms with Crippen LogP contribution < -0.4 is 10.2 Å². The summed E-state index contributed by atoms with van der Waals surface area (Å²) >= 11 is 0. The average Bonchev–Trinajstić information content (AvgIpc) is 3.54. The van der Waals surface area contributed by atoms with Crippen LogP contribution in [0.25, 0.3) is 16.7 Å². The lowest BCUT2D eigenvalue weighted by atomic mass is 9.95. The molecule has 0 aliphatic carbocycles. The van der Waals surface area contributed by atoms with Crippen LogP contribution in [0.15, 0.2) is 18.3 Å². The van der Waals surface area contributed by atoms with Crippen LogP contribution in [0.1, 0.15) is 71.3 Å². The Morgan fingerprint density at radius 1 is 1.22 bits per heavy atom. The first-order valence-electron chi connectivity index (χ1n) is 12.9. The fourth-order valence-electron chi connectivity index (χ4n) is 5.69. The van der Waals surface area contributed by atoms with E-state index in [0.29, 0.717) is 17.0 Å². The van der Waals surface area contributed by atoms with Crippen LogP contribution in [-0.2, 0) is 10.7 Å². The molecule has 3 aromatic rings. The van der Waals surface area contributed by atoms with Crippen molar-refractivity contribution in [1.29, 1.82) is 0 Å². The molecule has 0 bridgehead atoms. The lowest BCUT2D eigenvalue weighted by Gasteiger charge is -2.34. The number of nitrogens with one attached hydrogen (secondary N) is 1. The van der Waals surface area contributed by atoms with Gasteiger partial charge in [0.15, 0.2) is 11.6 Å². The van der Waals surface area contributed by atoms with E-state index in [9.17, 15) is 13.6 Å². The molecule has 1 N–H and O–H groups in total. The monoisotopic (exact) mass is 512 g/mol. The third kappa shape index (κ3) is 4.65. The van der Waals surface area contributed by atoms with E-state index in [2.05, 4.69) is 37.0 Å². The highest BCUT2D eigenvalue weighted by Crippen LogP contribution is 2.41. The van der Waals surface area contributed by atoms with Crippen LogP contribution >= 0.6 is 0 Å². The second-order valence-corrected chi connectivity index (χ2v) is 10.6. The van der Waals surface area contributed by atoms with Gasteiger partial charge in [0.05, 0.1) is 10.9 Å². The van der Waals surface area contributed by atoms with E-state index in [0.717, 1.165) is 57.1 Å². The first-order chi connectivity index (χ1) is 17.5. The van der Waals surface area contributed by atoms with E-state index in [1.165, 1.54) is 13.3 Å². The first-order valence-corrected chi connectivity index (χ1v) is 12.9. The summed E-state index contributed by atoms with van der Waals surface area (Å²) in [6, 6.07) is 3.42. The van der Waals surface area contributed by atoms with Crippen LogP contribution in [-0.4, -0.2) is 67.3 Å². The van der Waals surface area contributed by atoms with E-state index in [1.54, 1.807) is 23.0 Å². The Labute approximate surface area is 215 Å². The molecule has 2 fully saturated rings. The molecule has 0 saturated carbocycles. The van der Waals surface area contributed by atoms with Gasteiger partial charge in [0.25, 0.3) is 0 Å². The standard InChI is InChI=1S/C26H34F2N8O/c1-6-35-10-7-8-26(35)9-11-34(15-26)23-18-14-29-21(30-17(4)37)13-20(18)36(33-23)22-12-19(16(2)3)31-24(32-22)25(5,27)28/h12-14,16H,6-11,15H2,1-5H3,(H,29,30,37). The number of nitrogens with zero attached hydrogens (tertiary/aromatic N) is 7. The number of hydrogen-bond acceptors (Lipinski definition) is 7. The molecule has 3 aromatic heterocycles. The molecule has 0 aromatic carbocycles. The summed E-state index contributed by atoms with van der Waals surface area (Å²) in [6.45, 7) is 12.0. The second-order valence-electron chi connectivity index (χ2n) is 10.6. The number of pyridine rings is 1. The van der Waals surface area contributed by atoms with Gasteiger partial charge in [-0.2, -0.15) is 8.78 Å². The van der Waals surface area contributed by atoms with E-state index < -0.39 is 11.7 Å². The van der Waals surface area contributed by atoms with Crippen LogP contribution in [0.4, 0.5) is 20.4 Å². The number of alkyl halides is 2. The molecule has 198 valence electrons. The zero-order chi connectivity index (χ0) is 26.5. The van der Waals surface area contributed by atoms with E-state index >= 15 is 0 Å². The maximum atomic E-state index is 14.4. The molecule has 1 atom stereocenters. The number of fused-ring (bicyclic) bond motifs is 1. The third-order valence-corrected chi connectivity index (χ3v) is 7.54. The van der Waals surface area contributed by atoms with Crippen molar-refractivity contribution in [2.45, 2.75) is 71.3 Å². The number of amides is 1. The predicted octanol–water partition coefficient (Wildman–Crippen LogP) is 4.47. The van der Waals surface area contributed by atoms with Crippen molar-refractivity contribution in [2.75, 3.05) is 36.4 Å². The number of likely N-dealkylation sites (tertiary alicyclic amines) is 1. The highest BCUT2D eigenvalue weighted by molar-refractivity contribution is 5.95. The molecule has 1 amide bonds. The summed E-state index contributed by atoms with van der Waals surface area (Å²) < 4.78 is 30.3. The maximum Gasteiger partial charge on any atom is 0.303 e. The van der Waals surface area contributed by atoms with Gasteiger partial charge in [0.1, 0.15) is 5.82 Å². The molecule has 5 rings (SSSR count). The van der Waals surface area contributed by atoms with Gasteiger partial charge in [-0.15, -0.1) is 5.10 Å². The fourth-order valence-corrected chi connectivity index (χ4v) is 5.69. The number of likely N-dealkylation sites (N-methyl/N-ethyl adjacent to an activating group) is 1. The number of carbonyl (C=O) groups excluding carboxylic acids is 1. The number of halogens is 2. The van der Waals surface area contributed by atoms with Crippen LogP contribution in [0, 0.1) is 0 Å². The Morgan fingerprint density at radius 2 is 2.00 bits per heavy atom. The Morgan fingerprint density at radius 3 is 2.68 bits per heavy atom. The van der Waals surface area contributed by atoms with Gasteiger partial charge in [0, 0.05) is 56.5 Å². The molecule has 37 heavy (non-hydrogen) atoms. The van der Waals surface area contributed by atoms with Crippen molar-refractivity contribution in [3.05, 3.63) is 29.8 Å². The van der Waals surface area contributed by atoms with Crippen molar-refractivity contribution in [2.24, 2.45) is 0 Å². The smallest absolute Gasteiger partial charge is 0.303 e. The molecular formula is C26H34F2N8O. The minimum Gasteiger partial charge on any atom is -0.353 e. The van der Waals surface area contributed by atoms with Gasteiger partial charge < -0.3 is 10.2 Å². The highest BCUT2D eigenvalue weighted by atomic mass is 19.3. The zero-order valence-corrected chi connectivity index (χ0v) is 22.1. The van der Waals surface area contributed by atoms with E-state index in [1.807, 2.05) is 13.8 Å². The average molecular weight is 513 g/mol. The van der Waals surface area contributed by atoms with Gasteiger partial charge in [-0.1, -0.05) is 20.8 Å². The number of anilines is 2. The largest absolute Gasteiger partial charge is 0.353 e. The molecular weight excluding hydrogens is 478 g/mol. The summed E-state index contributed by atoms with van der Waals surface area (Å²) in [6.07, 6.45) is 5.07. The van der Waals surface area contributed by atoms with E-state index in [-0.39, 0.29) is 23.2 Å². The van der Waals surface area contributed by atoms with E-state index in [4.69, 9.17) is 5.10 Å². The molecule has 1 unspecified atom stereocenters. The summed E-state index contributed by atoms with van der Waals surface area (Å²) in [5.74, 6) is -2.72. The summed E-state index contributed by atoms with van der Waals surface area (Å²) in [5.41, 5.74) is 1.27. The van der Waals surface area contributed by atoms with Crippen LogP contribution in [0.2, 0.25) is 0 Å². The van der Waals surface area contributed by atoms with Crippen molar-refractivity contribution in [3.63, 3.8) is 0 Å². The second kappa shape index (κ2) is 9.27. The number of hydrogen-bond donors (Lipinski definition) is 1. The van der Waals surface area contributed by atoms with Crippen molar-refractivity contribution < 1.29 is 13.6 Å². The molecule has 5 heterocycles. The summed E-state index contributed by atoms with van der Waals surface area (Å²) in [4.78, 5) is 29.3. The first kappa shape index (κ1) is 25.4. The Bertz CT molecular complexity index is 1330. The normalized spacial score (nSPS) is 20.6. The zero-order valence-electron chi connectivity index (χ0n) is 22.1. The van der Waals surface area contributed by atoms with Crippen LogP contribution in [0.5, 0.6) is 0 Å². The molecule has 2 aliphatic rings. The lowest BCUT2D eigenvalue weighted by Crippen LogP contribution is -2.46. The van der Waals surface area contributed by atoms with Gasteiger partial charge in [-0.05, 0) is 38.3 Å². The van der Waals surface area contributed by atoms with Gasteiger partial charge in [0.2, 0.25) is 11.7 Å². The maximum absolute atomic E-state index is 14.4. The lowest BCUT2D eigenvalue weighted by molar-refractivity contribution is -0.114. The summed E-state index contributed by atoms with van der Waals surface area (Å²) in [7, 11) is 0. The molecule has 9 nitrogen and oxygen atoms in total. The number of rotatable bonds is 6. The topological polar surface area (TPSA) is 92.1 Å². The van der Waals surface area contributed by atoms with Gasteiger partial charge >= 0.3 is 5.92 Å². The molecule has 2 aliphatic heterocycles. The molecule has 2 saturated heterocycles. The van der Waals surface area contributed by atoms with Crippen LogP contribution in [0.3, 0.4) is 0 Å². The minimum atomic E-state index is -3.21. The van der Waals surface area contributed by atoms with Gasteiger partial charge in [-0.25, -0.2) is 19.6 Å². The SMILES string of the molecule is CCN1CCCC12CCN(c1nn(-c3cc(C(C)C)nc(C(C)(F)F)n3)c3cc(NC(C)=O)ncc13)C2. The van der Waals surface area contributed by atoms with Crippen molar-refractivity contribution in [1.82, 2.24) is 29.6 Å². The molecule has 0 radical (unpaired) electrons. The van der Waals surface area contributed by atoms with Crippen molar-refractivity contribution in [3.8, 4) is 5.82 Å². The fraction of sp³-hybridized carbons (Fsp3) is 0.577.